The van der Waals surface area contributed by atoms with Crippen LogP contribution in [0.3, 0.4) is 0 Å². The molecule has 0 radical (unpaired) electrons. The van der Waals surface area contributed by atoms with Gasteiger partial charge in [0.05, 0.1) is 0 Å². The fraction of sp³-hybridized carbons (Fsp3) is 0.333. The summed E-state index contributed by atoms with van der Waals surface area (Å²) in [7, 11) is 0. The molecule has 2 nitrogen and oxygen atoms in total. The smallest absolute Gasteiger partial charge is 0.0329 e. The number of terminal acetylenes is 1. The summed E-state index contributed by atoms with van der Waals surface area (Å²) in [5.41, 5.74) is 6.59. The first kappa shape index (κ1) is 7.90. The van der Waals surface area contributed by atoms with Crippen molar-refractivity contribution in [3.63, 3.8) is 0 Å². The van der Waals surface area contributed by atoms with Crippen molar-refractivity contribution in [2.75, 3.05) is 0 Å². The Balaban J connectivity index is 2.53. The van der Waals surface area contributed by atoms with Crippen molar-refractivity contribution < 1.29 is 0 Å². The van der Waals surface area contributed by atoms with Crippen molar-refractivity contribution >= 4 is 0 Å². The average Bonchev–Trinajstić information content (AvgIpc) is 2.48. The fourth-order valence-electron chi connectivity index (χ4n) is 0.944. The number of hydrogen-bond acceptors (Lipinski definition) is 1. The molecule has 58 valence electrons. The van der Waals surface area contributed by atoms with Gasteiger partial charge in [0.15, 0.2) is 0 Å². The molecule has 11 heavy (non-hydrogen) atoms. The van der Waals surface area contributed by atoms with E-state index >= 15 is 0 Å². The van der Waals surface area contributed by atoms with Crippen LogP contribution in [0.25, 0.3) is 0 Å². The highest BCUT2D eigenvalue weighted by Crippen LogP contribution is 2.00. The van der Waals surface area contributed by atoms with Crippen LogP contribution < -0.4 is 5.73 Å². The van der Waals surface area contributed by atoms with E-state index in [4.69, 9.17) is 12.2 Å². The number of aryl methyl sites for hydroxylation is 1. The predicted molar refractivity (Wildman–Crippen MR) is 45.8 cm³/mol. The third-order valence-electron chi connectivity index (χ3n) is 1.56. The molecule has 0 bridgehead atoms. The number of hydrogen-bond donors (Lipinski definition) is 1. The van der Waals surface area contributed by atoms with Gasteiger partial charge in [-0.3, -0.25) is 0 Å². The van der Waals surface area contributed by atoms with Crippen molar-refractivity contribution in [2.24, 2.45) is 5.73 Å². The van der Waals surface area contributed by atoms with Gasteiger partial charge in [-0.1, -0.05) is 0 Å². The fourth-order valence-corrected chi connectivity index (χ4v) is 0.944. The van der Waals surface area contributed by atoms with Crippen LogP contribution in [0.1, 0.15) is 12.0 Å². The minimum atomic E-state index is 0.600. The summed E-state index contributed by atoms with van der Waals surface area (Å²) < 4.78 is 2.06. The Bertz CT molecular complexity index is 255. The maximum Gasteiger partial charge on any atom is 0.0329 e. The van der Waals surface area contributed by atoms with E-state index in [9.17, 15) is 0 Å². The second-order valence-corrected chi connectivity index (χ2v) is 2.42. The zero-order valence-electron chi connectivity index (χ0n) is 6.46. The van der Waals surface area contributed by atoms with Gasteiger partial charge < -0.3 is 10.3 Å². The lowest BCUT2D eigenvalue weighted by Crippen LogP contribution is -1.95. The molecule has 0 fully saturated rings. The van der Waals surface area contributed by atoms with Crippen molar-refractivity contribution in [3.8, 4) is 12.3 Å². The van der Waals surface area contributed by atoms with E-state index in [0.29, 0.717) is 6.54 Å². The molecule has 0 amide bonds. The van der Waals surface area contributed by atoms with E-state index in [1.165, 1.54) is 0 Å². The predicted octanol–water partition coefficient (Wildman–Crippen LogP) is 0.970. The molecular formula is C9H12N2. The second kappa shape index (κ2) is 3.85. The van der Waals surface area contributed by atoms with Gasteiger partial charge in [0, 0.05) is 31.9 Å². The Kier molecular flexibility index (Phi) is 2.76. The summed E-state index contributed by atoms with van der Waals surface area (Å²) in [6.45, 7) is 1.49. The highest BCUT2D eigenvalue weighted by molar-refractivity contribution is 5.09. The van der Waals surface area contributed by atoms with Crippen LogP contribution in [0.15, 0.2) is 18.5 Å². The molecule has 1 rings (SSSR count). The Morgan fingerprint density at radius 3 is 3.00 bits per heavy atom. The maximum atomic E-state index is 5.44. The first-order valence-electron chi connectivity index (χ1n) is 3.65. The third-order valence-corrected chi connectivity index (χ3v) is 1.56. The lowest BCUT2D eigenvalue weighted by atomic mass is 10.3. The highest BCUT2D eigenvalue weighted by atomic mass is 14.9. The van der Waals surface area contributed by atoms with E-state index < -0.39 is 0 Å². The summed E-state index contributed by atoms with van der Waals surface area (Å²) in [4.78, 5) is 0. The summed E-state index contributed by atoms with van der Waals surface area (Å²) in [6.07, 6.45) is 9.93. The first-order valence-corrected chi connectivity index (χ1v) is 3.65. The molecule has 0 aliphatic carbocycles. The van der Waals surface area contributed by atoms with Crippen molar-refractivity contribution in [3.05, 3.63) is 24.0 Å². The largest absolute Gasteiger partial charge is 0.353 e. The molecule has 1 aromatic heterocycles. The Morgan fingerprint density at radius 1 is 1.64 bits per heavy atom. The van der Waals surface area contributed by atoms with Gasteiger partial charge in [-0.15, -0.1) is 12.3 Å². The van der Waals surface area contributed by atoms with Crippen LogP contribution in [-0.4, -0.2) is 4.57 Å². The molecule has 2 N–H and O–H groups in total. The molecular weight excluding hydrogens is 136 g/mol. The number of rotatable bonds is 3. The third kappa shape index (κ3) is 2.14. The van der Waals surface area contributed by atoms with Gasteiger partial charge in [0.1, 0.15) is 0 Å². The molecule has 0 atom stereocenters. The Morgan fingerprint density at radius 2 is 2.45 bits per heavy atom. The monoisotopic (exact) mass is 148 g/mol. The second-order valence-electron chi connectivity index (χ2n) is 2.42. The minimum Gasteiger partial charge on any atom is -0.353 e. The highest BCUT2D eigenvalue weighted by Gasteiger charge is 1.92. The lowest BCUT2D eigenvalue weighted by Gasteiger charge is -1.95. The van der Waals surface area contributed by atoms with Crippen LogP contribution in [0.2, 0.25) is 0 Å². The minimum absolute atomic E-state index is 0.600. The number of aromatic nitrogens is 1. The molecule has 2 heteroatoms. The molecule has 0 aliphatic rings. The van der Waals surface area contributed by atoms with E-state index in [0.717, 1.165) is 18.5 Å². The van der Waals surface area contributed by atoms with Gasteiger partial charge in [-0.05, 0) is 11.6 Å². The normalized spacial score (nSPS) is 9.45. The van der Waals surface area contributed by atoms with Crippen LogP contribution in [0.5, 0.6) is 0 Å². The SMILES string of the molecule is C#CCCn1ccc(CN)c1. The summed E-state index contributed by atoms with van der Waals surface area (Å²) in [5.74, 6) is 2.59. The maximum absolute atomic E-state index is 5.44. The molecule has 0 aromatic carbocycles. The topological polar surface area (TPSA) is 30.9 Å². The first-order chi connectivity index (χ1) is 5.36. The van der Waals surface area contributed by atoms with E-state index in [1.807, 2.05) is 18.5 Å². The van der Waals surface area contributed by atoms with Gasteiger partial charge in [-0.2, -0.15) is 0 Å². The molecule has 0 aliphatic heterocycles. The zero-order chi connectivity index (χ0) is 8.10. The number of nitrogens with zero attached hydrogens (tertiary/aromatic N) is 1. The van der Waals surface area contributed by atoms with Gasteiger partial charge in [-0.25, -0.2) is 0 Å². The summed E-state index contributed by atoms with van der Waals surface area (Å²) in [6, 6.07) is 2.01. The van der Waals surface area contributed by atoms with Crippen LogP contribution in [0, 0.1) is 12.3 Å². The van der Waals surface area contributed by atoms with Crippen molar-refractivity contribution in [2.45, 2.75) is 19.5 Å². The molecule has 0 saturated heterocycles. The van der Waals surface area contributed by atoms with Crippen molar-refractivity contribution in [1.29, 1.82) is 0 Å². The standard InChI is InChI=1S/C9H12N2/c1-2-3-5-11-6-4-9(7-10)8-11/h1,4,6,8H,3,5,7,10H2. The molecule has 1 heterocycles. The molecule has 0 saturated carbocycles. The lowest BCUT2D eigenvalue weighted by molar-refractivity contribution is 0.722. The van der Waals surface area contributed by atoms with Gasteiger partial charge >= 0.3 is 0 Å². The van der Waals surface area contributed by atoms with Crippen LogP contribution in [-0.2, 0) is 13.1 Å². The van der Waals surface area contributed by atoms with Gasteiger partial charge in [0.2, 0.25) is 0 Å². The summed E-state index contributed by atoms with van der Waals surface area (Å²) >= 11 is 0. The summed E-state index contributed by atoms with van der Waals surface area (Å²) in [5, 5.41) is 0. The Labute approximate surface area is 67.0 Å². The van der Waals surface area contributed by atoms with E-state index in [1.54, 1.807) is 0 Å². The van der Waals surface area contributed by atoms with E-state index in [2.05, 4.69) is 10.5 Å². The molecule has 1 aromatic rings. The van der Waals surface area contributed by atoms with Crippen molar-refractivity contribution in [1.82, 2.24) is 4.57 Å². The van der Waals surface area contributed by atoms with Gasteiger partial charge in [0.25, 0.3) is 0 Å². The van der Waals surface area contributed by atoms with Crippen LogP contribution >= 0.6 is 0 Å². The number of nitrogens with two attached hydrogens (primary N) is 1. The Hall–Kier alpha value is -1.20. The van der Waals surface area contributed by atoms with Crippen LogP contribution in [0.4, 0.5) is 0 Å². The molecule has 0 spiro atoms. The van der Waals surface area contributed by atoms with E-state index in [-0.39, 0.29) is 0 Å². The zero-order valence-corrected chi connectivity index (χ0v) is 6.46. The average molecular weight is 148 g/mol. The molecule has 0 unspecified atom stereocenters. The quantitative estimate of drug-likeness (QED) is 0.636.